The lowest BCUT2D eigenvalue weighted by atomic mass is 10.2. The van der Waals surface area contributed by atoms with E-state index in [0.717, 1.165) is 22.3 Å². The van der Waals surface area contributed by atoms with E-state index in [1.54, 1.807) is 30.3 Å². The minimum absolute atomic E-state index is 0.00184. The van der Waals surface area contributed by atoms with Crippen LogP contribution in [-0.2, 0) is 13.1 Å². The number of nitrogens with two attached hydrogens (primary N) is 2. The highest BCUT2D eigenvalue weighted by atomic mass is 19.4. The monoisotopic (exact) mass is 477 g/mol. The summed E-state index contributed by atoms with van der Waals surface area (Å²) in [6.45, 7) is 0.260. The van der Waals surface area contributed by atoms with E-state index in [-0.39, 0.29) is 38.1 Å². The van der Waals surface area contributed by atoms with Crippen LogP contribution < -0.4 is 32.9 Å². The predicted molar refractivity (Wildman–Crippen MR) is 120 cm³/mol. The van der Waals surface area contributed by atoms with Gasteiger partial charge in [0.15, 0.2) is 5.96 Å². The maximum atomic E-state index is 13.2. The van der Waals surface area contributed by atoms with E-state index >= 15 is 0 Å². The van der Waals surface area contributed by atoms with Crippen LogP contribution in [0.15, 0.2) is 69.2 Å². The van der Waals surface area contributed by atoms with Crippen LogP contribution in [0.3, 0.4) is 0 Å². The maximum Gasteiger partial charge on any atom is 0.573 e. The van der Waals surface area contributed by atoms with Gasteiger partial charge in [-0.15, -0.1) is 13.2 Å². The van der Waals surface area contributed by atoms with Gasteiger partial charge in [0.1, 0.15) is 5.75 Å². The number of aliphatic imine (C=N–C) groups is 1. The zero-order valence-corrected chi connectivity index (χ0v) is 17.8. The molecule has 1 aromatic heterocycles. The Labute approximate surface area is 191 Å². The third kappa shape index (κ3) is 6.85. The lowest BCUT2D eigenvalue weighted by Gasteiger charge is -2.16. The fourth-order valence-electron chi connectivity index (χ4n) is 3.04. The van der Waals surface area contributed by atoms with Gasteiger partial charge >= 0.3 is 17.7 Å². The van der Waals surface area contributed by atoms with Gasteiger partial charge in [-0.3, -0.25) is 9.56 Å². The second kappa shape index (κ2) is 10.6. The Morgan fingerprint density at radius 1 is 0.971 bits per heavy atom. The minimum atomic E-state index is -4.82. The Kier molecular flexibility index (Phi) is 7.56. The molecule has 0 aliphatic heterocycles. The van der Waals surface area contributed by atoms with E-state index in [9.17, 15) is 22.8 Å². The number of hydrogen-bond acceptors (Lipinski definition) is 6. The molecular weight excluding hydrogens is 455 g/mol. The number of rotatable bonds is 9. The zero-order chi connectivity index (χ0) is 24.7. The molecular formula is C21H22F3N7O3. The summed E-state index contributed by atoms with van der Waals surface area (Å²) in [4.78, 5) is 33.6. The van der Waals surface area contributed by atoms with Crippen molar-refractivity contribution in [2.45, 2.75) is 19.5 Å². The second-order valence-corrected chi connectivity index (χ2v) is 7.08. The smallest absolute Gasteiger partial charge is 0.406 e. The fraction of sp³-hybridized carbons (Fsp3) is 0.238. The number of guanidine groups is 1. The molecule has 180 valence electrons. The number of benzene rings is 2. The van der Waals surface area contributed by atoms with Crippen molar-refractivity contribution in [1.29, 1.82) is 0 Å². The fourth-order valence-corrected chi connectivity index (χ4v) is 3.04. The Bertz CT molecular complexity index is 1250. The minimum Gasteiger partial charge on any atom is -0.406 e. The molecule has 13 heteroatoms. The molecule has 1 heterocycles. The standard InChI is InChI=1S/C21H22F3N7O3/c22-21(23,24)34-16-8-6-15(7-9-16)12-30-18(28-11-10-27-17(25)26)29-19(32)31(20(30)33)13-14-4-2-1-3-5-14/h1-9H,10-13H2,(H4,25,26,27)(H,28,29,32). The molecule has 10 nitrogen and oxygen atoms in total. The van der Waals surface area contributed by atoms with Gasteiger partial charge in [-0.05, 0) is 23.3 Å². The Morgan fingerprint density at radius 2 is 1.59 bits per heavy atom. The number of anilines is 1. The molecule has 0 amide bonds. The van der Waals surface area contributed by atoms with Gasteiger partial charge in [0, 0.05) is 6.54 Å². The number of ether oxygens (including phenoxy) is 1. The van der Waals surface area contributed by atoms with Crippen LogP contribution in [0, 0.1) is 0 Å². The molecule has 0 aliphatic rings. The third-order valence-electron chi connectivity index (χ3n) is 4.52. The molecule has 5 N–H and O–H groups in total. The Balaban J connectivity index is 1.94. The van der Waals surface area contributed by atoms with Gasteiger partial charge in [0.25, 0.3) is 0 Å². The number of halogens is 3. The van der Waals surface area contributed by atoms with Crippen LogP contribution in [0.1, 0.15) is 11.1 Å². The predicted octanol–water partition coefficient (Wildman–Crippen LogP) is 1.09. The van der Waals surface area contributed by atoms with Gasteiger partial charge in [-0.25, -0.2) is 14.2 Å². The van der Waals surface area contributed by atoms with Crippen molar-refractivity contribution in [3.8, 4) is 5.75 Å². The van der Waals surface area contributed by atoms with Crippen molar-refractivity contribution in [2.24, 2.45) is 16.5 Å². The van der Waals surface area contributed by atoms with Crippen LogP contribution in [0.25, 0.3) is 0 Å². The number of nitrogens with zero attached hydrogens (tertiary/aromatic N) is 4. The third-order valence-corrected chi connectivity index (χ3v) is 4.52. The molecule has 0 radical (unpaired) electrons. The summed E-state index contributed by atoms with van der Waals surface area (Å²) in [5.41, 5.74) is 10.4. The molecule has 0 fully saturated rings. The SMILES string of the molecule is NC(N)=NCCNc1nc(=O)n(Cc2ccccc2)c(=O)n1Cc1ccc(OC(F)(F)F)cc1. The second-order valence-electron chi connectivity index (χ2n) is 7.08. The molecule has 0 spiro atoms. The van der Waals surface area contributed by atoms with Crippen molar-refractivity contribution < 1.29 is 17.9 Å². The molecule has 3 rings (SSSR count). The first-order chi connectivity index (χ1) is 16.1. The van der Waals surface area contributed by atoms with Crippen molar-refractivity contribution in [2.75, 3.05) is 18.4 Å². The van der Waals surface area contributed by atoms with E-state index in [2.05, 4.69) is 20.0 Å². The summed E-state index contributed by atoms with van der Waals surface area (Å²) in [5, 5.41) is 2.85. The van der Waals surface area contributed by atoms with E-state index in [1.165, 1.54) is 16.7 Å². The first kappa shape index (κ1) is 24.4. The molecule has 0 unspecified atom stereocenters. The van der Waals surface area contributed by atoms with Crippen molar-refractivity contribution >= 4 is 11.9 Å². The molecule has 0 saturated heterocycles. The summed E-state index contributed by atoms with van der Waals surface area (Å²) in [6.07, 6.45) is -4.82. The number of alkyl halides is 3. The molecule has 2 aromatic carbocycles. The van der Waals surface area contributed by atoms with E-state index in [4.69, 9.17) is 11.5 Å². The lowest BCUT2D eigenvalue weighted by Crippen LogP contribution is -2.43. The van der Waals surface area contributed by atoms with Crippen molar-refractivity contribution in [3.05, 3.63) is 86.7 Å². The van der Waals surface area contributed by atoms with Crippen molar-refractivity contribution in [1.82, 2.24) is 14.1 Å². The van der Waals surface area contributed by atoms with E-state index in [0.29, 0.717) is 5.56 Å². The summed E-state index contributed by atoms with van der Waals surface area (Å²) in [6, 6.07) is 13.9. The lowest BCUT2D eigenvalue weighted by molar-refractivity contribution is -0.274. The quantitative estimate of drug-likeness (QED) is 0.238. The molecule has 0 atom stereocenters. The van der Waals surface area contributed by atoms with E-state index < -0.39 is 23.5 Å². The zero-order valence-electron chi connectivity index (χ0n) is 17.8. The average molecular weight is 477 g/mol. The Hall–Kier alpha value is -4.29. The highest BCUT2D eigenvalue weighted by Crippen LogP contribution is 2.23. The van der Waals surface area contributed by atoms with E-state index in [1.807, 2.05) is 0 Å². The number of hydrogen-bond donors (Lipinski definition) is 3. The first-order valence-electron chi connectivity index (χ1n) is 10.0. The summed E-state index contributed by atoms with van der Waals surface area (Å²) in [5.74, 6) is -0.543. The van der Waals surface area contributed by atoms with Crippen LogP contribution in [0.4, 0.5) is 19.1 Å². The molecule has 0 aliphatic carbocycles. The maximum absolute atomic E-state index is 13.2. The van der Waals surface area contributed by atoms with Gasteiger partial charge in [0.05, 0.1) is 19.6 Å². The summed E-state index contributed by atoms with van der Waals surface area (Å²) in [7, 11) is 0. The highest BCUT2D eigenvalue weighted by molar-refractivity contribution is 5.75. The van der Waals surface area contributed by atoms with Crippen LogP contribution >= 0.6 is 0 Å². The average Bonchev–Trinajstić information content (AvgIpc) is 2.77. The first-order valence-corrected chi connectivity index (χ1v) is 10.0. The number of nitrogens with one attached hydrogen (secondary N) is 1. The molecule has 0 bridgehead atoms. The van der Waals surface area contributed by atoms with Crippen LogP contribution in [0.5, 0.6) is 5.75 Å². The van der Waals surface area contributed by atoms with Crippen LogP contribution in [0.2, 0.25) is 0 Å². The molecule has 34 heavy (non-hydrogen) atoms. The van der Waals surface area contributed by atoms with Gasteiger partial charge in [0.2, 0.25) is 5.95 Å². The number of aromatic nitrogens is 3. The Morgan fingerprint density at radius 3 is 2.21 bits per heavy atom. The summed E-state index contributed by atoms with van der Waals surface area (Å²) < 4.78 is 43.3. The normalized spacial score (nSPS) is 11.1. The topological polar surface area (TPSA) is 143 Å². The van der Waals surface area contributed by atoms with Crippen LogP contribution in [-0.4, -0.2) is 39.5 Å². The van der Waals surface area contributed by atoms with Gasteiger partial charge in [-0.1, -0.05) is 42.5 Å². The largest absolute Gasteiger partial charge is 0.573 e. The van der Waals surface area contributed by atoms with Crippen molar-refractivity contribution in [3.63, 3.8) is 0 Å². The molecule has 3 aromatic rings. The highest BCUT2D eigenvalue weighted by Gasteiger charge is 2.31. The summed E-state index contributed by atoms with van der Waals surface area (Å²) >= 11 is 0. The van der Waals surface area contributed by atoms with Gasteiger partial charge in [-0.2, -0.15) is 4.98 Å². The van der Waals surface area contributed by atoms with Gasteiger partial charge < -0.3 is 21.5 Å². The molecule has 0 saturated carbocycles.